The standard InChI is InChI=1S/C8H7NO4/c10-4-5-1-2-6(11)3-7(5)8(12)9-13/h1-4,11,13H,(H,9,12). The summed E-state index contributed by atoms with van der Waals surface area (Å²) in [6, 6.07) is 3.65. The number of hydroxylamine groups is 1. The molecule has 3 N–H and O–H groups in total. The van der Waals surface area contributed by atoms with Gasteiger partial charge in [0.25, 0.3) is 5.91 Å². The molecule has 0 aliphatic heterocycles. The lowest BCUT2D eigenvalue weighted by Gasteiger charge is -2.02. The Kier molecular flexibility index (Phi) is 2.61. The first-order valence-electron chi connectivity index (χ1n) is 3.41. The highest BCUT2D eigenvalue weighted by Crippen LogP contribution is 2.14. The first-order valence-corrected chi connectivity index (χ1v) is 3.41. The van der Waals surface area contributed by atoms with Crippen LogP contribution in [0.1, 0.15) is 20.7 Å². The Morgan fingerprint density at radius 3 is 2.69 bits per heavy atom. The fourth-order valence-corrected chi connectivity index (χ4v) is 0.904. The summed E-state index contributed by atoms with van der Waals surface area (Å²) in [4.78, 5) is 21.3. The van der Waals surface area contributed by atoms with Gasteiger partial charge in [0.2, 0.25) is 0 Å². The molecule has 0 atom stereocenters. The third-order valence-corrected chi connectivity index (χ3v) is 1.51. The van der Waals surface area contributed by atoms with Crippen LogP contribution in [0.25, 0.3) is 0 Å². The number of hydrogen-bond donors (Lipinski definition) is 3. The summed E-state index contributed by atoms with van der Waals surface area (Å²) in [5.41, 5.74) is 1.40. The molecule has 0 aliphatic carbocycles. The quantitative estimate of drug-likeness (QED) is 0.348. The largest absolute Gasteiger partial charge is 0.508 e. The summed E-state index contributed by atoms with van der Waals surface area (Å²) in [5, 5.41) is 17.3. The number of rotatable bonds is 2. The number of aldehydes is 1. The molecule has 5 nitrogen and oxygen atoms in total. The number of hydrogen-bond acceptors (Lipinski definition) is 4. The second-order valence-corrected chi connectivity index (χ2v) is 2.33. The van der Waals surface area contributed by atoms with Gasteiger partial charge in [0.1, 0.15) is 5.75 Å². The molecule has 1 amide bonds. The number of carbonyl (C=O) groups is 2. The Morgan fingerprint density at radius 1 is 1.46 bits per heavy atom. The van der Waals surface area contributed by atoms with E-state index in [0.717, 1.165) is 6.07 Å². The van der Waals surface area contributed by atoms with E-state index in [1.165, 1.54) is 17.6 Å². The Labute approximate surface area is 73.6 Å². The van der Waals surface area contributed by atoms with Crippen molar-refractivity contribution in [2.75, 3.05) is 0 Å². The third kappa shape index (κ3) is 1.83. The van der Waals surface area contributed by atoms with E-state index < -0.39 is 5.91 Å². The molecular weight excluding hydrogens is 174 g/mol. The Balaban J connectivity index is 3.23. The second-order valence-electron chi connectivity index (χ2n) is 2.33. The average Bonchev–Trinajstić information content (AvgIpc) is 2.16. The van der Waals surface area contributed by atoms with Gasteiger partial charge < -0.3 is 5.11 Å². The van der Waals surface area contributed by atoms with E-state index in [4.69, 9.17) is 10.3 Å². The molecule has 0 radical (unpaired) electrons. The minimum Gasteiger partial charge on any atom is -0.508 e. The van der Waals surface area contributed by atoms with E-state index in [9.17, 15) is 9.59 Å². The molecule has 0 aromatic heterocycles. The van der Waals surface area contributed by atoms with E-state index in [1.807, 2.05) is 0 Å². The van der Waals surface area contributed by atoms with Crippen molar-refractivity contribution in [3.63, 3.8) is 0 Å². The van der Waals surface area contributed by atoms with Gasteiger partial charge in [-0.3, -0.25) is 14.8 Å². The summed E-state index contributed by atoms with van der Waals surface area (Å²) >= 11 is 0. The van der Waals surface area contributed by atoms with Crippen LogP contribution in [0, 0.1) is 0 Å². The van der Waals surface area contributed by atoms with Crippen LogP contribution in [0.4, 0.5) is 0 Å². The smallest absolute Gasteiger partial charge is 0.275 e. The molecule has 13 heavy (non-hydrogen) atoms. The number of nitrogens with one attached hydrogen (secondary N) is 1. The normalized spacial score (nSPS) is 9.31. The van der Waals surface area contributed by atoms with Crippen molar-refractivity contribution >= 4 is 12.2 Å². The van der Waals surface area contributed by atoms with Crippen molar-refractivity contribution < 1.29 is 19.9 Å². The summed E-state index contributed by atoms with van der Waals surface area (Å²) in [5.74, 6) is -0.984. The van der Waals surface area contributed by atoms with Crippen LogP contribution in [-0.4, -0.2) is 22.5 Å². The summed E-state index contributed by atoms with van der Waals surface area (Å²) < 4.78 is 0. The van der Waals surface area contributed by atoms with Crippen molar-refractivity contribution in [3.05, 3.63) is 29.3 Å². The van der Waals surface area contributed by atoms with Crippen molar-refractivity contribution in [2.45, 2.75) is 0 Å². The zero-order valence-electron chi connectivity index (χ0n) is 6.52. The molecule has 68 valence electrons. The van der Waals surface area contributed by atoms with Gasteiger partial charge in [-0.15, -0.1) is 0 Å². The van der Waals surface area contributed by atoms with E-state index in [-0.39, 0.29) is 16.9 Å². The van der Waals surface area contributed by atoms with Crippen LogP contribution in [0.5, 0.6) is 5.75 Å². The van der Waals surface area contributed by atoms with Gasteiger partial charge in [-0.05, 0) is 18.2 Å². The highest BCUT2D eigenvalue weighted by Gasteiger charge is 2.10. The fraction of sp³-hybridized carbons (Fsp3) is 0. The summed E-state index contributed by atoms with van der Waals surface area (Å²) in [6.45, 7) is 0. The maximum Gasteiger partial charge on any atom is 0.275 e. The van der Waals surface area contributed by atoms with Gasteiger partial charge in [-0.2, -0.15) is 0 Å². The molecular formula is C8H7NO4. The second kappa shape index (κ2) is 3.68. The van der Waals surface area contributed by atoms with Crippen molar-refractivity contribution in [1.82, 2.24) is 5.48 Å². The van der Waals surface area contributed by atoms with Gasteiger partial charge >= 0.3 is 0 Å². The van der Waals surface area contributed by atoms with Crippen molar-refractivity contribution in [2.24, 2.45) is 0 Å². The maximum absolute atomic E-state index is 10.9. The van der Waals surface area contributed by atoms with Gasteiger partial charge in [-0.25, -0.2) is 5.48 Å². The Morgan fingerprint density at radius 2 is 2.15 bits per heavy atom. The van der Waals surface area contributed by atoms with Gasteiger partial charge in [-0.1, -0.05) is 0 Å². The lowest BCUT2D eigenvalue weighted by Crippen LogP contribution is -2.20. The van der Waals surface area contributed by atoms with Crippen LogP contribution < -0.4 is 5.48 Å². The van der Waals surface area contributed by atoms with Gasteiger partial charge in [0.15, 0.2) is 6.29 Å². The minimum absolute atomic E-state index is 0.0718. The molecule has 0 saturated carbocycles. The monoisotopic (exact) mass is 181 g/mol. The maximum atomic E-state index is 10.9. The molecule has 0 heterocycles. The first kappa shape index (κ1) is 9.21. The number of phenols is 1. The molecule has 0 spiro atoms. The lowest BCUT2D eigenvalue weighted by molar-refractivity contribution is 0.0703. The molecule has 0 saturated heterocycles. The highest BCUT2D eigenvalue weighted by atomic mass is 16.5. The molecule has 0 fully saturated rings. The van der Waals surface area contributed by atoms with Crippen LogP contribution in [0.15, 0.2) is 18.2 Å². The minimum atomic E-state index is -0.835. The zero-order valence-corrected chi connectivity index (χ0v) is 6.52. The van der Waals surface area contributed by atoms with Crippen LogP contribution in [0.3, 0.4) is 0 Å². The summed E-state index contributed by atoms with van der Waals surface area (Å²) in [7, 11) is 0. The number of aromatic hydroxyl groups is 1. The predicted molar refractivity (Wildman–Crippen MR) is 42.7 cm³/mol. The molecule has 5 heteroatoms. The highest BCUT2D eigenvalue weighted by molar-refractivity contribution is 6.01. The number of carbonyl (C=O) groups excluding carboxylic acids is 2. The van der Waals surface area contributed by atoms with E-state index in [0.29, 0.717) is 6.29 Å². The number of amides is 1. The molecule has 1 rings (SSSR count). The molecule has 0 bridgehead atoms. The Bertz CT molecular complexity index is 348. The molecule has 1 aromatic rings. The number of benzene rings is 1. The van der Waals surface area contributed by atoms with Crippen LogP contribution in [0.2, 0.25) is 0 Å². The van der Waals surface area contributed by atoms with E-state index in [1.54, 1.807) is 0 Å². The summed E-state index contributed by atoms with van der Waals surface area (Å²) in [6.07, 6.45) is 0.462. The fourth-order valence-electron chi connectivity index (χ4n) is 0.904. The molecule has 0 unspecified atom stereocenters. The zero-order chi connectivity index (χ0) is 9.84. The lowest BCUT2D eigenvalue weighted by atomic mass is 10.1. The van der Waals surface area contributed by atoms with Crippen molar-refractivity contribution in [3.8, 4) is 5.75 Å². The van der Waals surface area contributed by atoms with Crippen LogP contribution in [-0.2, 0) is 0 Å². The van der Waals surface area contributed by atoms with E-state index in [2.05, 4.69) is 0 Å². The topological polar surface area (TPSA) is 86.6 Å². The number of phenolic OH excluding ortho intramolecular Hbond substituents is 1. The average molecular weight is 181 g/mol. The van der Waals surface area contributed by atoms with Gasteiger partial charge in [0, 0.05) is 5.56 Å². The first-order chi connectivity index (χ1) is 6.19. The Hall–Kier alpha value is -1.88. The predicted octanol–water partition coefficient (Wildman–Crippen LogP) is 0.324. The molecule has 0 aliphatic rings. The van der Waals surface area contributed by atoms with Crippen molar-refractivity contribution in [1.29, 1.82) is 0 Å². The van der Waals surface area contributed by atoms with Gasteiger partial charge in [0.05, 0.1) is 5.56 Å². The third-order valence-electron chi connectivity index (χ3n) is 1.51. The van der Waals surface area contributed by atoms with E-state index >= 15 is 0 Å². The van der Waals surface area contributed by atoms with Crippen LogP contribution >= 0.6 is 0 Å². The SMILES string of the molecule is O=Cc1ccc(O)cc1C(=O)NO. The molecule has 1 aromatic carbocycles.